The van der Waals surface area contributed by atoms with Gasteiger partial charge in [0.2, 0.25) is 0 Å². The maximum Gasteiger partial charge on any atom is 0.263 e. The fourth-order valence-electron chi connectivity index (χ4n) is 4.21. The van der Waals surface area contributed by atoms with E-state index in [1.807, 2.05) is 38.2 Å². The summed E-state index contributed by atoms with van der Waals surface area (Å²) in [4.78, 5) is 25.1. The molecule has 0 saturated heterocycles. The van der Waals surface area contributed by atoms with E-state index in [2.05, 4.69) is 39.2 Å². The summed E-state index contributed by atoms with van der Waals surface area (Å²) in [6.07, 6.45) is 1.75. The maximum absolute atomic E-state index is 12.7. The number of thiophene rings is 1. The zero-order valence-electron chi connectivity index (χ0n) is 19.5. The molecule has 4 heterocycles. The molecule has 5 rings (SSSR count). The fraction of sp³-hybridized carbons (Fsp3) is 0.269. The molecule has 1 amide bonds. The van der Waals surface area contributed by atoms with Crippen LogP contribution in [0, 0.1) is 0 Å². The smallest absolute Gasteiger partial charge is 0.263 e. The van der Waals surface area contributed by atoms with Gasteiger partial charge >= 0.3 is 0 Å². The largest absolute Gasteiger partial charge is 0.383 e. The van der Waals surface area contributed by atoms with Crippen molar-refractivity contribution in [3.63, 3.8) is 0 Å². The maximum atomic E-state index is 12.7. The minimum Gasteiger partial charge on any atom is -0.383 e. The first-order chi connectivity index (χ1) is 16.5. The van der Waals surface area contributed by atoms with Gasteiger partial charge in [0.05, 0.1) is 29.2 Å². The van der Waals surface area contributed by atoms with Crippen LogP contribution >= 0.6 is 11.3 Å². The molecule has 174 valence electrons. The third kappa shape index (κ3) is 3.99. The molecule has 1 aliphatic heterocycles. The zero-order chi connectivity index (χ0) is 23.8. The predicted octanol–water partition coefficient (Wildman–Crippen LogP) is 4.78. The number of amides is 1. The summed E-state index contributed by atoms with van der Waals surface area (Å²) in [6.45, 7) is 7.94. The van der Waals surface area contributed by atoms with Crippen LogP contribution in [0.2, 0.25) is 0 Å². The first-order valence-electron chi connectivity index (χ1n) is 11.2. The molecule has 8 heteroatoms. The van der Waals surface area contributed by atoms with Gasteiger partial charge in [0.15, 0.2) is 0 Å². The summed E-state index contributed by atoms with van der Waals surface area (Å²) in [5.74, 6) is 0.819. The minimum atomic E-state index is -0.0229. The van der Waals surface area contributed by atoms with Gasteiger partial charge < -0.3 is 20.3 Å². The molecule has 0 fully saturated rings. The standard InChI is InChI=1S/C26H27N5O2S/c1-5-17-12-16(13-22(29-17)31(3)10-11-33-4)19-7-6-18-20(30-19)8-9-21-23(18)24-25(34-21)26(32)28-15(2)14-27-24/h5-9,12-13,15,27H,1,10-11,14H2,2-4H3,(H,28,32)/t15-/m1/s1. The molecular formula is C26H27N5O2S. The molecule has 1 aromatic carbocycles. The van der Waals surface area contributed by atoms with Crippen LogP contribution < -0.4 is 15.5 Å². The number of rotatable bonds is 6. The zero-order valence-corrected chi connectivity index (χ0v) is 20.3. The van der Waals surface area contributed by atoms with E-state index in [0.717, 1.165) is 60.9 Å². The number of ether oxygens (including phenoxy) is 1. The second kappa shape index (κ2) is 9.04. The van der Waals surface area contributed by atoms with Crippen molar-refractivity contribution >= 4 is 55.8 Å². The number of pyridine rings is 2. The second-order valence-corrected chi connectivity index (χ2v) is 9.57. The van der Waals surface area contributed by atoms with Gasteiger partial charge in [0.25, 0.3) is 5.91 Å². The Morgan fingerprint density at radius 1 is 1.26 bits per heavy atom. The molecule has 0 spiro atoms. The molecule has 7 nitrogen and oxygen atoms in total. The molecule has 34 heavy (non-hydrogen) atoms. The summed E-state index contributed by atoms with van der Waals surface area (Å²) < 4.78 is 6.28. The number of benzene rings is 1. The molecule has 0 aliphatic carbocycles. The van der Waals surface area contributed by atoms with Crippen molar-refractivity contribution in [1.82, 2.24) is 15.3 Å². The molecule has 0 bridgehead atoms. The van der Waals surface area contributed by atoms with Crippen molar-refractivity contribution in [1.29, 1.82) is 0 Å². The highest BCUT2D eigenvalue weighted by atomic mass is 32.1. The number of nitrogens with zero attached hydrogens (tertiary/aromatic N) is 3. The van der Waals surface area contributed by atoms with Crippen LogP contribution in [0.5, 0.6) is 0 Å². The highest BCUT2D eigenvalue weighted by Crippen LogP contribution is 2.41. The number of likely N-dealkylation sites (N-methyl/N-ethyl adjacent to an activating group) is 1. The lowest BCUT2D eigenvalue weighted by Crippen LogP contribution is -2.34. The summed E-state index contributed by atoms with van der Waals surface area (Å²) >= 11 is 1.52. The van der Waals surface area contributed by atoms with Crippen molar-refractivity contribution in [3.05, 3.63) is 53.5 Å². The molecule has 1 aliphatic rings. The first-order valence-corrected chi connectivity index (χ1v) is 12.1. The fourth-order valence-corrected chi connectivity index (χ4v) is 5.31. The molecule has 1 atom stereocenters. The highest BCUT2D eigenvalue weighted by Gasteiger charge is 2.24. The quantitative estimate of drug-likeness (QED) is 0.420. The third-order valence-electron chi connectivity index (χ3n) is 6.05. The number of nitrogens with one attached hydrogen (secondary N) is 2. The Morgan fingerprint density at radius 2 is 2.12 bits per heavy atom. The summed E-state index contributed by atoms with van der Waals surface area (Å²) in [5.41, 5.74) is 4.42. The van der Waals surface area contributed by atoms with Crippen molar-refractivity contribution in [2.24, 2.45) is 0 Å². The third-order valence-corrected chi connectivity index (χ3v) is 7.20. The number of carbonyl (C=O) groups excluding carboxylic acids is 1. The lowest BCUT2D eigenvalue weighted by Gasteiger charge is -2.19. The van der Waals surface area contributed by atoms with E-state index in [4.69, 9.17) is 9.72 Å². The number of methoxy groups -OCH3 is 1. The Bertz CT molecular complexity index is 1410. The van der Waals surface area contributed by atoms with E-state index < -0.39 is 0 Å². The van der Waals surface area contributed by atoms with Gasteiger partial charge in [0, 0.05) is 54.3 Å². The normalized spacial score (nSPS) is 15.5. The Kier molecular flexibility index (Phi) is 5.93. The second-order valence-electron chi connectivity index (χ2n) is 8.52. The Morgan fingerprint density at radius 3 is 2.91 bits per heavy atom. The van der Waals surface area contributed by atoms with E-state index in [9.17, 15) is 4.79 Å². The Balaban J connectivity index is 1.61. The number of carbonyl (C=O) groups is 1. The van der Waals surface area contributed by atoms with Gasteiger partial charge in [-0.3, -0.25) is 4.79 Å². The van der Waals surface area contributed by atoms with Crippen LogP contribution in [0.1, 0.15) is 22.3 Å². The van der Waals surface area contributed by atoms with Gasteiger partial charge in [-0.1, -0.05) is 6.58 Å². The minimum absolute atomic E-state index is 0.0229. The summed E-state index contributed by atoms with van der Waals surface area (Å²) in [7, 11) is 3.69. The monoisotopic (exact) mass is 473 g/mol. The van der Waals surface area contributed by atoms with Crippen LogP contribution in [0.3, 0.4) is 0 Å². The van der Waals surface area contributed by atoms with Gasteiger partial charge in [-0.25, -0.2) is 9.97 Å². The van der Waals surface area contributed by atoms with E-state index in [-0.39, 0.29) is 11.9 Å². The van der Waals surface area contributed by atoms with Gasteiger partial charge in [-0.2, -0.15) is 0 Å². The molecule has 0 unspecified atom stereocenters. The molecular weight excluding hydrogens is 446 g/mol. The van der Waals surface area contributed by atoms with E-state index in [0.29, 0.717) is 13.2 Å². The molecule has 2 N–H and O–H groups in total. The van der Waals surface area contributed by atoms with E-state index in [1.165, 1.54) is 11.3 Å². The highest BCUT2D eigenvalue weighted by molar-refractivity contribution is 7.21. The number of anilines is 2. The van der Waals surface area contributed by atoms with Crippen molar-refractivity contribution in [2.45, 2.75) is 13.0 Å². The lowest BCUT2D eigenvalue weighted by molar-refractivity contribution is 0.0949. The van der Waals surface area contributed by atoms with Crippen LogP contribution in [-0.2, 0) is 4.74 Å². The average molecular weight is 474 g/mol. The van der Waals surface area contributed by atoms with Gasteiger partial charge in [-0.05, 0) is 49.4 Å². The van der Waals surface area contributed by atoms with Crippen molar-refractivity contribution < 1.29 is 9.53 Å². The lowest BCUT2D eigenvalue weighted by atomic mass is 10.1. The number of fused-ring (bicyclic) bond motifs is 5. The Hall–Kier alpha value is -3.49. The molecule has 0 saturated carbocycles. The molecule has 0 radical (unpaired) electrons. The van der Waals surface area contributed by atoms with Crippen LogP contribution in [-0.4, -0.2) is 55.8 Å². The van der Waals surface area contributed by atoms with Crippen LogP contribution in [0.4, 0.5) is 11.5 Å². The molecule has 3 aromatic heterocycles. The first kappa shape index (κ1) is 22.3. The van der Waals surface area contributed by atoms with Gasteiger partial charge in [0.1, 0.15) is 10.7 Å². The van der Waals surface area contributed by atoms with Crippen molar-refractivity contribution in [2.75, 3.05) is 44.1 Å². The number of hydrogen-bond donors (Lipinski definition) is 2. The van der Waals surface area contributed by atoms with Gasteiger partial charge in [-0.15, -0.1) is 11.3 Å². The number of hydrogen-bond acceptors (Lipinski definition) is 7. The molecule has 4 aromatic rings. The average Bonchev–Trinajstić information content (AvgIpc) is 3.18. The SMILES string of the molecule is C=Cc1cc(-c2ccc3c(ccc4sc5c(c43)NC[C@@H](C)NC5=O)n2)cc(N(C)CCOC)n1. The van der Waals surface area contributed by atoms with Crippen LogP contribution in [0.25, 0.3) is 38.3 Å². The predicted molar refractivity (Wildman–Crippen MR) is 141 cm³/mol. The Labute approximate surface area is 202 Å². The summed E-state index contributed by atoms with van der Waals surface area (Å²) in [6, 6.07) is 12.3. The van der Waals surface area contributed by atoms with Crippen molar-refractivity contribution in [3.8, 4) is 11.3 Å². The summed E-state index contributed by atoms with van der Waals surface area (Å²) in [5, 5.41) is 8.61. The topological polar surface area (TPSA) is 79.4 Å². The van der Waals surface area contributed by atoms with E-state index >= 15 is 0 Å². The van der Waals surface area contributed by atoms with Crippen LogP contribution in [0.15, 0.2) is 43.0 Å². The van der Waals surface area contributed by atoms with E-state index in [1.54, 1.807) is 13.2 Å². The number of aromatic nitrogens is 2.